The Morgan fingerprint density at radius 1 is 1.47 bits per heavy atom. The lowest BCUT2D eigenvalue weighted by molar-refractivity contribution is 0.103. The summed E-state index contributed by atoms with van der Waals surface area (Å²) in [7, 11) is 0. The van der Waals surface area contributed by atoms with Crippen LogP contribution in [-0.4, -0.2) is 15.5 Å². The molecule has 0 bridgehead atoms. The van der Waals surface area contributed by atoms with E-state index >= 15 is 0 Å². The molecule has 0 radical (unpaired) electrons. The Kier molecular flexibility index (Phi) is 4.11. The molecular weight excluding hydrogens is 284 g/mol. The summed E-state index contributed by atoms with van der Waals surface area (Å²) in [5.74, 6) is 1.66. The van der Waals surface area contributed by atoms with Crippen molar-refractivity contribution in [2.75, 3.05) is 11.1 Å². The maximum absolute atomic E-state index is 12.1. The van der Waals surface area contributed by atoms with E-state index in [2.05, 4.69) is 14.9 Å². The van der Waals surface area contributed by atoms with Crippen LogP contribution in [0.1, 0.15) is 28.3 Å². The Hall–Kier alpha value is -1.53. The summed E-state index contributed by atoms with van der Waals surface area (Å²) in [4.78, 5) is 16.9. The molecule has 1 aliphatic heterocycles. The smallest absolute Gasteiger partial charge is 0.269 e. The summed E-state index contributed by atoms with van der Waals surface area (Å²) in [6.45, 7) is 0.921. The number of fused-ring (bicyclic) bond motifs is 1. The number of anilines is 2. The van der Waals surface area contributed by atoms with Crippen molar-refractivity contribution < 1.29 is 4.79 Å². The van der Waals surface area contributed by atoms with Gasteiger partial charge >= 0.3 is 0 Å². The third kappa shape index (κ3) is 2.59. The van der Waals surface area contributed by atoms with E-state index < -0.39 is 0 Å². The van der Waals surface area contributed by atoms with Gasteiger partial charge in [0.1, 0.15) is 16.5 Å². The molecule has 1 amide bonds. The average molecular weight is 299 g/mol. The van der Waals surface area contributed by atoms with Gasteiger partial charge < -0.3 is 15.6 Å². The molecule has 7 heteroatoms. The Bertz CT molecular complexity index is 592. The number of nitrogens with two attached hydrogens (primary N) is 1. The minimum atomic E-state index is -0.157. The van der Waals surface area contributed by atoms with Crippen molar-refractivity contribution >= 4 is 41.2 Å². The Labute approximate surface area is 121 Å². The molecule has 0 aliphatic carbocycles. The molecule has 102 valence electrons. The molecule has 0 saturated heterocycles. The fourth-order valence-electron chi connectivity index (χ4n) is 2.19. The standard InChI is InChI=1S/C12H14N4OS.ClH/c13-8-4-6-18-11(8)12(17)15-10-7-14-9-3-1-2-5-16(9)10;/h4,6-7H,1-3,5,13H2,(H,15,17);1H. The number of halogens is 1. The highest BCUT2D eigenvalue weighted by Gasteiger charge is 2.17. The van der Waals surface area contributed by atoms with Gasteiger partial charge in [-0.1, -0.05) is 0 Å². The van der Waals surface area contributed by atoms with E-state index in [1.165, 1.54) is 17.8 Å². The quantitative estimate of drug-likeness (QED) is 0.895. The highest BCUT2D eigenvalue weighted by atomic mass is 35.5. The van der Waals surface area contributed by atoms with Gasteiger partial charge in [0.25, 0.3) is 5.91 Å². The second kappa shape index (κ2) is 5.63. The molecule has 0 spiro atoms. The number of imidazole rings is 1. The first kappa shape index (κ1) is 13.9. The van der Waals surface area contributed by atoms with E-state index in [9.17, 15) is 4.79 Å². The number of rotatable bonds is 2. The molecule has 3 N–H and O–H groups in total. The van der Waals surface area contributed by atoms with Crippen molar-refractivity contribution in [2.45, 2.75) is 25.8 Å². The van der Waals surface area contributed by atoms with Crippen molar-refractivity contribution in [2.24, 2.45) is 0 Å². The minimum Gasteiger partial charge on any atom is -0.397 e. The van der Waals surface area contributed by atoms with Crippen molar-refractivity contribution in [3.05, 3.63) is 28.3 Å². The summed E-state index contributed by atoms with van der Waals surface area (Å²) in [6.07, 6.45) is 5.01. The van der Waals surface area contributed by atoms with Gasteiger partial charge in [-0.3, -0.25) is 4.79 Å². The molecule has 2 aromatic rings. The summed E-state index contributed by atoms with van der Waals surface area (Å²) in [5.41, 5.74) is 6.26. The van der Waals surface area contributed by atoms with E-state index in [0.717, 1.165) is 31.0 Å². The topological polar surface area (TPSA) is 72.9 Å². The zero-order valence-electron chi connectivity index (χ0n) is 10.3. The number of aryl methyl sites for hydroxylation is 1. The molecule has 0 atom stereocenters. The van der Waals surface area contributed by atoms with Crippen LogP contribution in [0.4, 0.5) is 11.5 Å². The number of amides is 1. The molecule has 2 aromatic heterocycles. The van der Waals surface area contributed by atoms with Gasteiger partial charge in [-0.15, -0.1) is 23.7 Å². The SMILES string of the molecule is Cl.Nc1ccsc1C(=O)Nc1cnc2n1CCCC2. The second-order valence-corrected chi connectivity index (χ2v) is 5.24. The fourth-order valence-corrected chi connectivity index (χ4v) is 2.91. The number of carbonyl (C=O) groups excluding carboxylic acids is 1. The Balaban J connectivity index is 0.00000133. The first-order valence-electron chi connectivity index (χ1n) is 5.94. The number of aromatic nitrogens is 2. The Morgan fingerprint density at radius 2 is 2.32 bits per heavy atom. The summed E-state index contributed by atoms with van der Waals surface area (Å²) < 4.78 is 2.07. The van der Waals surface area contributed by atoms with Crippen LogP contribution >= 0.6 is 23.7 Å². The lowest BCUT2D eigenvalue weighted by atomic mass is 10.2. The van der Waals surface area contributed by atoms with Gasteiger partial charge in [-0.2, -0.15) is 0 Å². The van der Waals surface area contributed by atoms with Gasteiger partial charge in [0.15, 0.2) is 0 Å². The predicted octanol–water partition coefficient (Wildman–Crippen LogP) is 2.54. The molecule has 0 fully saturated rings. The number of hydrogen-bond donors (Lipinski definition) is 2. The fraction of sp³-hybridized carbons (Fsp3) is 0.333. The molecule has 19 heavy (non-hydrogen) atoms. The maximum Gasteiger partial charge on any atom is 0.269 e. The zero-order chi connectivity index (χ0) is 12.5. The molecule has 3 heterocycles. The number of carbonyl (C=O) groups is 1. The highest BCUT2D eigenvalue weighted by Crippen LogP contribution is 2.23. The monoisotopic (exact) mass is 298 g/mol. The third-order valence-electron chi connectivity index (χ3n) is 3.11. The van der Waals surface area contributed by atoms with E-state index in [0.29, 0.717) is 10.6 Å². The molecule has 0 aromatic carbocycles. The Morgan fingerprint density at radius 3 is 3.05 bits per heavy atom. The van der Waals surface area contributed by atoms with Crippen LogP contribution in [0.25, 0.3) is 0 Å². The van der Waals surface area contributed by atoms with Gasteiger partial charge in [0.2, 0.25) is 0 Å². The largest absolute Gasteiger partial charge is 0.397 e. The number of nitrogen functional groups attached to an aromatic ring is 1. The lowest BCUT2D eigenvalue weighted by Crippen LogP contribution is -2.18. The van der Waals surface area contributed by atoms with Gasteiger partial charge in [-0.05, 0) is 24.3 Å². The van der Waals surface area contributed by atoms with E-state index in [1.807, 2.05) is 5.38 Å². The van der Waals surface area contributed by atoms with Gasteiger partial charge in [-0.25, -0.2) is 4.98 Å². The summed E-state index contributed by atoms with van der Waals surface area (Å²) in [5, 5.41) is 4.70. The van der Waals surface area contributed by atoms with E-state index in [1.54, 1.807) is 12.3 Å². The zero-order valence-corrected chi connectivity index (χ0v) is 11.9. The van der Waals surface area contributed by atoms with Gasteiger partial charge in [0.05, 0.1) is 11.9 Å². The van der Waals surface area contributed by atoms with Crippen molar-refractivity contribution in [1.29, 1.82) is 0 Å². The van der Waals surface area contributed by atoms with Crippen LogP contribution in [0.5, 0.6) is 0 Å². The number of nitrogens with zero attached hydrogens (tertiary/aromatic N) is 2. The molecule has 0 saturated carbocycles. The van der Waals surface area contributed by atoms with Crippen LogP contribution in [0, 0.1) is 0 Å². The first-order chi connectivity index (χ1) is 8.75. The molecule has 0 unspecified atom stereocenters. The highest BCUT2D eigenvalue weighted by molar-refractivity contribution is 7.12. The first-order valence-corrected chi connectivity index (χ1v) is 6.82. The van der Waals surface area contributed by atoms with Crippen molar-refractivity contribution in [1.82, 2.24) is 9.55 Å². The van der Waals surface area contributed by atoms with E-state index in [4.69, 9.17) is 5.73 Å². The predicted molar refractivity (Wildman–Crippen MR) is 79.1 cm³/mol. The number of thiophene rings is 1. The summed E-state index contributed by atoms with van der Waals surface area (Å²) >= 11 is 1.35. The number of hydrogen-bond acceptors (Lipinski definition) is 4. The lowest BCUT2D eigenvalue weighted by Gasteiger charge is -2.16. The van der Waals surface area contributed by atoms with Crippen LogP contribution < -0.4 is 11.1 Å². The van der Waals surface area contributed by atoms with Gasteiger partial charge in [0, 0.05) is 13.0 Å². The van der Waals surface area contributed by atoms with E-state index in [-0.39, 0.29) is 18.3 Å². The third-order valence-corrected chi connectivity index (χ3v) is 4.04. The molecule has 3 rings (SSSR count). The van der Waals surface area contributed by atoms with Crippen molar-refractivity contribution in [3.8, 4) is 0 Å². The molecule has 1 aliphatic rings. The van der Waals surface area contributed by atoms with Crippen LogP contribution in [0.15, 0.2) is 17.6 Å². The number of nitrogens with one attached hydrogen (secondary N) is 1. The minimum absolute atomic E-state index is 0. The van der Waals surface area contributed by atoms with Crippen LogP contribution in [-0.2, 0) is 13.0 Å². The summed E-state index contributed by atoms with van der Waals surface area (Å²) in [6, 6.07) is 1.74. The van der Waals surface area contributed by atoms with Crippen LogP contribution in [0.2, 0.25) is 0 Å². The molecular formula is C12H15ClN4OS. The van der Waals surface area contributed by atoms with Crippen LogP contribution in [0.3, 0.4) is 0 Å². The average Bonchev–Trinajstić information content (AvgIpc) is 2.97. The van der Waals surface area contributed by atoms with Crippen molar-refractivity contribution in [3.63, 3.8) is 0 Å². The maximum atomic E-state index is 12.1. The normalized spacial score (nSPS) is 13.5. The molecule has 5 nitrogen and oxygen atoms in total. The second-order valence-electron chi connectivity index (χ2n) is 4.33.